The van der Waals surface area contributed by atoms with Crippen molar-refractivity contribution in [3.63, 3.8) is 0 Å². The normalized spacial score (nSPS) is 12.4. The summed E-state index contributed by atoms with van der Waals surface area (Å²) in [5.41, 5.74) is 0.450. The number of esters is 1. The van der Waals surface area contributed by atoms with Crippen LogP contribution >= 0.6 is 23.5 Å². The van der Waals surface area contributed by atoms with Crippen LogP contribution in [0.15, 0.2) is 53.4 Å². The zero-order chi connectivity index (χ0) is 20.0. The maximum absolute atomic E-state index is 12.3. The van der Waals surface area contributed by atoms with Gasteiger partial charge in [0.15, 0.2) is 0 Å². The van der Waals surface area contributed by atoms with Crippen molar-refractivity contribution >= 4 is 35.2 Å². The second-order valence-electron chi connectivity index (χ2n) is 7.21. The minimum absolute atomic E-state index is 0.0902. The van der Waals surface area contributed by atoms with Crippen molar-refractivity contribution in [2.24, 2.45) is 0 Å². The van der Waals surface area contributed by atoms with Crippen LogP contribution in [0.25, 0.3) is 0 Å². The number of benzene rings is 2. The van der Waals surface area contributed by atoms with Crippen molar-refractivity contribution in [1.82, 2.24) is 0 Å². The van der Waals surface area contributed by atoms with E-state index in [1.807, 2.05) is 76.2 Å². The van der Waals surface area contributed by atoms with Gasteiger partial charge in [-0.25, -0.2) is 0 Å². The Morgan fingerprint density at radius 3 is 2.44 bits per heavy atom. The number of anilines is 1. The van der Waals surface area contributed by atoms with Gasteiger partial charge in [-0.05, 0) is 76.0 Å². The van der Waals surface area contributed by atoms with Crippen LogP contribution < -0.4 is 9.04 Å². The maximum atomic E-state index is 12.3. The van der Waals surface area contributed by atoms with Gasteiger partial charge in [-0.1, -0.05) is 17.7 Å². The van der Waals surface area contributed by atoms with Gasteiger partial charge in [0.1, 0.15) is 11.4 Å². The van der Waals surface area contributed by atoms with Gasteiger partial charge in [-0.15, -0.1) is 0 Å². The molecule has 0 aromatic heterocycles. The molecule has 146 valence electrons. The molecule has 2 aromatic rings. The average Bonchev–Trinajstić information content (AvgIpc) is 2.59. The molecular formula is C21H26ClNO3S. The van der Waals surface area contributed by atoms with Gasteiger partial charge < -0.3 is 13.8 Å². The first-order valence-electron chi connectivity index (χ1n) is 8.76. The Labute approximate surface area is 170 Å². The summed E-state index contributed by atoms with van der Waals surface area (Å²) in [6.07, 6.45) is 0.273. The van der Waals surface area contributed by atoms with Crippen LogP contribution in [-0.2, 0) is 9.53 Å². The molecule has 1 atom stereocenters. The zero-order valence-corrected chi connectivity index (χ0v) is 17.9. The molecule has 4 nitrogen and oxygen atoms in total. The third-order valence-corrected chi connectivity index (χ3v) is 5.11. The lowest BCUT2D eigenvalue weighted by Gasteiger charge is -2.30. The molecule has 0 saturated heterocycles. The van der Waals surface area contributed by atoms with Crippen LogP contribution in [0.4, 0.5) is 5.69 Å². The smallest absolute Gasteiger partial charge is 0.308 e. The number of rotatable bonds is 7. The molecule has 0 aliphatic rings. The SMILES string of the molecule is COc1cccc(N(Sc2ccc(Cl)cc2)C(C)CC(=O)OC(C)(C)C)c1. The second kappa shape index (κ2) is 9.38. The summed E-state index contributed by atoms with van der Waals surface area (Å²) in [6, 6.07) is 15.3. The van der Waals surface area contributed by atoms with Crippen LogP contribution in [0, 0.1) is 0 Å². The van der Waals surface area contributed by atoms with E-state index >= 15 is 0 Å². The van der Waals surface area contributed by atoms with Crippen LogP contribution in [0.2, 0.25) is 5.02 Å². The first kappa shape index (κ1) is 21.5. The molecule has 0 amide bonds. The molecule has 1 unspecified atom stereocenters. The summed E-state index contributed by atoms with van der Waals surface area (Å²) < 4.78 is 12.9. The van der Waals surface area contributed by atoms with E-state index in [0.29, 0.717) is 5.02 Å². The lowest BCUT2D eigenvalue weighted by atomic mass is 10.1. The predicted octanol–water partition coefficient (Wildman–Crippen LogP) is 5.98. The van der Waals surface area contributed by atoms with E-state index in [2.05, 4.69) is 4.31 Å². The van der Waals surface area contributed by atoms with Crippen LogP contribution in [0.3, 0.4) is 0 Å². The van der Waals surface area contributed by atoms with Gasteiger partial charge in [-0.3, -0.25) is 4.79 Å². The van der Waals surface area contributed by atoms with Crippen LogP contribution in [0.1, 0.15) is 34.1 Å². The zero-order valence-electron chi connectivity index (χ0n) is 16.4. The van der Waals surface area contributed by atoms with Crippen LogP contribution in [-0.4, -0.2) is 24.7 Å². The second-order valence-corrected chi connectivity index (χ2v) is 8.70. The largest absolute Gasteiger partial charge is 0.497 e. The van der Waals surface area contributed by atoms with Crippen molar-refractivity contribution < 1.29 is 14.3 Å². The summed E-state index contributed by atoms with van der Waals surface area (Å²) in [4.78, 5) is 13.4. The highest BCUT2D eigenvalue weighted by atomic mass is 35.5. The topological polar surface area (TPSA) is 38.8 Å². The maximum Gasteiger partial charge on any atom is 0.308 e. The predicted molar refractivity (Wildman–Crippen MR) is 113 cm³/mol. The van der Waals surface area contributed by atoms with Gasteiger partial charge in [0.25, 0.3) is 0 Å². The summed E-state index contributed by atoms with van der Waals surface area (Å²) in [5.74, 6) is 0.540. The molecule has 0 saturated carbocycles. The molecule has 0 bridgehead atoms. The van der Waals surface area contributed by atoms with E-state index in [1.165, 1.54) is 0 Å². The third kappa shape index (κ3) is 7.00. The summed E-state index contributed by atoms with van der Waals surface area (Å²) in [5, 5.41) is 0.689. The summed E-state index contributed by atoms with van der Waals surface area (Å²) in [6.45, 7) is 7.62. The molecule has 0 N–H and O–H groups in total. The van der Waals surface area contributed by atoms with Crippen molar-refractivity contribution in [2.45, 2.75) is 50.7 Å². The highest BCUT2D eigenvalue weighted by Gasteiger charge is 2.23. The number of hydrogen-bond acceptors (Lipinski definition) is 5. The minimum atomic E-state index is -0.499. The fourth-order valence-corrected chi connectivity index (χ4v) is 3.55. The third-order valence-electron chi connectivity index (χ3n) is 3.61. The molecule has 6 heteroatoms. The van der Waals surface area contributed by atoms with Gasteiger partial charge in [0.05, 0.1) is 19.2 Å². The number of hydrogen-bond donors (Lipinski definition) is 0. The minimum Gasteiger partial charge on any atom is -0.497 e. The Morgan fingerprint density at radius 2 is 1.85 bits per heavy atom. The molecule has 0 fully saturated rings. The summed E-state index contributed by atoms with van der Waals surface area (Å²) >= 11 is 7.55. The fourth-order valence-electron chi connectivity index (χ4n) is 2.46. The Balaban J connectivity index is 2.24. The molecule has 0 heterocycles. The number of methoxy groups -OCH3 is 1. The highest BCUT2D eigenvalue weighted by molar-refractivity contribution is 8.00. The quantitative estimate of drug-likeness (QED) is 0.416. The molecule has 27 heavy (non-hydrogen) atoms. The average molecular weight is 408 g/mol. The van der Waals surface area contributed by atoms with E-state index < -0.39 is 5.60 Å². The lowest BCUT2D eigenvalue weighted by molar-refractivity contribution is -0.155. The number of nitrogens with zero attached hydrogens (tertiary/aromatic N) is 1. The number of carbonyl (C=O) groups is 1. The summed E-state index contributed by atoms with van der Waals surface area (Å²) in [7, 11) is 1.64. The first-order chi connectivity index (χ1) is 12.7. The number of carbonyl (C=O) groups excluding carboxylic acids is 1. The molecule has 0 aliphatic heterocycles. The van der Waals surface area contributed by atoms with E-state index in [9.17, 15) is 4.79 Å². The molecule has 2 aromatic carbocycles. The molecule has 0 aliphatic carbocycles. The van der Waals surface area contributed by atoms with Crippen molar-refractivity contribution in [1.29, 1.82) is 0 Å². The van der Waals surface area contributed by atoms with E-state index in [1.54, 1.807) is 19.1 Å². The Kier molecular flexibility index (Phi) is 7.45. The van der Waals surface area contributed by atoms with Crippen molar-refractivity contribution in [3.05, 3.63) is 53.6 Å². The van der Waals surface area contributed by atoms with Gasteiger partial charge in [0.2, 0.25) is 0 Å². The molecule has 0 radical (unpaired) electrons. The molecular weight excluding hydrogens is 382 g/mol. The Morgan fingerprint density at radius 1 is 1.19 bits per heavy atom. The highest BCUT2D eigenvalue weighted by Crippen LogP contribution is 2.34. The van der Waals surface area contributed by atoms with Gasteiger partial charge >= 0.3 is 5.97 Å². The lowest BCUT2D eigenvalue weighted by Crippen LogP contribution is -2.32. The first-order valence-corrected chi connectivity index (χ1v) is 9.92. The standard InChI is InChI=1S/C21H26ClNO3S/c1-15(13-20(24)26-21(2,3)4)23(17-7-6-8-18(14-17)25-5)27-19-11-9-16(22)10-12-19/h6-12,14-15H,13H2,1-5H3. The monoisotopic (exact) mass is 407 g/mol. The number of halogens is 1. The van der Waals surface area contributed by atoms with Crippen LogP contribution in [0.5, 0.6) is 5.75 Å². The van der Waals surface area contributed by atoms with E-state index in [-0.39, 0.29) is 18.4 Å². The fraction of sp³-hybridized carbons (Fsp3) is 0.381. The van der Waals surface area contributed by atoms with Crippen molar-refractivity contribution in [2.75, 3.05) is 11.4 Å². The van der Waals surface area contributed by atoms with Gasteiger partial charge in [-0.2, -0.15) is 0 Å². The van der Waals surface area contributed by atoms with Gasteiger partial charge in [0, 0.05) is 22.0 Å². The molecule has 2 rings (SSSR count). The Bertz CT molecular complexity index is 759. The van der Waals surface area contributed by atoms with E-state index in [4.69, 9.17) is 21.1 Å². The van der Waals surface area contributed by atoms with Crippen molar-refractivity contribution in [3.8, 4) is 5.75 Å². The van der Waals surface area contributed by atoms with E-state index in [0.717, 1.165) is 16.3 Å². The molecule has 0 spiro atoms. The number of ether oxygens (including phenoxy) is 2. The Hall–Kier alpha value is -1.85.